The number of hydrogen-bond acceptors (Lipinski definition) is 4. The molecule has 0 aliphatic heterocycles. The molecular weight excluding hydrogens is 238 g/mol. The Morgan fingerprint density at radius 1 is 1.41 bits per heavy atom. The predicted molar refractivity (Wildman–Crippen MR) is 67.6 cm³/mol. The van der Waals surface area contributed by atoms with Gasteiger partial charge in [0.25, 0.3) is 5.56 Å². The van der Waals surface area contributed by atoms with Crippen molar-refractivity contribution in [2.75, 3.05) is 0 Å². The lowest BCUT2D eigenvalue weighted by Crippen LogP contribution is -2.23. The maximum absolute atomic E-state index is 11.8. The molecule has 1 N–H and O–H groups in total. The van der Waals surface area contributed by atoms with Crippen LogP contribution in [0.1, 0.15) is 30.4 Å². The van der Waals surface area contributed by atoms with Gasteiger partial charge in [0.05, 0.1) is 0 Å². The molecule has 0 aromatic carbocycles. The molecule has 0 bridgehead atoms. The number of aromatic amines is 1. The van der Waals surface area contributed by atoms with Crippen LogP contribution in [0.25, 0.3) is 10.1 Å². The van der Waals surface area contributed by atoms with Crippen molar-refractivity contribution in [1.29, 1.82) is 0 Å². The highest BCUT2D eigenvalue weighted by molar-refractivity contribution is 7.20. The molecule has 2 rings (SSSR count). The molecule has 0 amide bonds. The van der Waals surface area contributed by atoms with Crippen LogP contribution in [0.5, 0.6) is 0 Å². The second-order valence-corrected chi connectivity index (χ2v) is 5.76. The molecule has 2 aromatic heterocycles. The number of nitrogens with one attached hydrogen (secondary N) is 1. The van der Waals surface area contributed by atoms with Crippen molar-refractivity contribution < 1.29 is 9.53 Å². The van der Waals surface area contributed by atoms with Gasteiger partial charge in [-0.2, -0.15) is 0 Å². The molecule has 0 spiro atoms. The van der Waals surface area contributed by atoms with Gasteiger partial charge in [-0.25, -0.2) is 4.79 Å². The number of rotatable bonds is 1. The van der Waals surface area contributed by atoms with Gasteiger partial charge in [0.1, 0.15) is 15.2 Å². The third-order valence-electron chi connectivity index (χ3n) is 2.04. The maximum Gasteiger partial charge on any atom is 0.348 e. The van der Waals surface area contributed by atoms with Gasteiger partial charge in [0.15, 0.2) is 0 Å². The van der Waals surface area contributed by atoms with E-state index in [0.717, 1.165) is 16.7 Å². The predicted octanol–water partition coefficient (Wildman–Crippen LogP) is 2.54. The monoisotopic (exact) mass is 251 g/mol. The summed E-state index contributed by atoms with van der Waals surface area (Å²) < 4.78 is 5.80. The van der Waals surface area contributed by atoms with Crippen molar-refractivity contribution >= 4 is 27.4 Å². The summed E-state index contributed by atoms with van der Waals surface area (Å²) in [5.74, 6) is -0.391. The number of esters is 1. The second kappa shape index (κ2) is 4.00. The topological polar surface area (TPSA) is 59.2 Å². The molecule has 5 heteroatoms. The fourth-order valence-corrected chi connectivity index (χ4v) is 2.34. The standard InChI is InChI=1S/C12H13NO3S/c1-12(2,3)16-11(15)8-6-7-4-5-13-10(14)9(7)17-8/h4-6H,1-3H3,(H,13,14). The van der Waals surface area contributed by atoms with Gasteiger partial charge in [0, 0.05) is 11.6 Å². The molecule has 2 heterocycles. The van der Waals surface area contributed by atoms with Gasteiger partial charge in [-0.1, -0.05) is 0 Å². The van der Waals surface area contributed by atoms with E-state index in [9.17, 15) is 9.59 Å². The van der Waals surface area contributed by atoms with E-state index in [1.165, 1.54) is 0 Å². The van der Waals surface area contributed by atoms with Crippen molar-refractivity contribution in [3.8, 4) is 0 Å². The zero-order valence-corrected chi connectivity index (χ0v) is 10.7. The lowest BCUT2D eigenvalue weighted by molar-refractivity contribution is 0.00753. The number of carbonyl (C=O) groups is 1. The second-order valence-electron chi connectivity index (χ2n) is 4.70. The smallest absolute Gasteiger partial charge is 0.348 e. The van der Waals surface area contributed by atoms with Gasteiger partial charge < -0.3 is 9.72 Å². The molecule has 2 aromatic rings. The van der Waals surface area contributed by atoms with Crippen LogP contribution in [0.15, 0.2) is 23.1 Å². The summed E-state index contributed by atoms with van der Waals surface area (Å²) >= 11 is 1.15. The summed E-state index contributed by atoms with van der Waals surface area (Å²) in [7, 11) is 0. The van der Waals surface area contributed by atoms with E-state index in [2.05, 4.69) is 4.98 Å². The van der Waals surface area contributed by atoms with Gasteiger partial charge in [-0.15, -0.1) is 11.3 Å². The number of fused-ring (bicyclic) bond motifs is 1. The molecule has 17 heavy (non-hydrogen) atoms. The Kier molecular flexibility index (Phi) is 2.79. The number of H-pyrrole nitrogens is 1. The Hall–Kier alpha value is -1.62. The first-order valence-corrected chi connectivity index (χ1v) is 6.03. The summed E-state index contributed by atoms with van der Waals surface area (Å²) in [5.41, 5.74) is -0.707. The van der Waals surface area contributed by atoms with E-state index in [0.29, 0.717) is 9.58 Å². The molecule has 0 aliphatic carbocycles. The number of pyridine rings is 1. The molecular formula is C12H13NO3S. The van der Waals surface area contributed by atoms with Crippen LogP contribution in [-0.2, 0) is 4.74 Å². The number of carbonyl (C=O) groups excluding carboxylic acids is 1. The normalized spacial score (nSPS) is 11.7. The van der Waals surface area contributed by atoms with Gasteiger partial charge >= 0.3 is 5.97 Å². The van der Waals surface area contributed by atoms with Crippen molar-refractivity contribution in [3.05, 3.63) is 33.6 Å². The van der Waals surface area contributed by atoms with Crippen LogP contribution in [0, 0.1) is 0 Å². The van der Waals surface area contributed by atoms with Crippen LogP contribution >= 0.6 is 11.3 Å². The van der Waals surface area contributed by atoms with E-state index in [4.69, 9.17) is 4.74 Å². The molecule has 0 fully saturated rings. The number of thiophene rings is 1. The van der Waals surface area contributed by atoms with Crippen LogP contribution in [-0.4, -0.2) is 16.6 Å². The first-order chi connectivity index (χ1) is 7.87. The third-order valence-corrected chi connectivity index (χ3v) is 3.17. The minimum Gasteiger partial charge on any atom is -0.456 e. The largest absolute Gasteiger partial charge is 0.456 e. The molecule has 4 nitrogen and oxygen atoms in total. The highest BCUT2D eigenvalue weighted by Gasteiger charge is 2.20. The lowest BCUT2D eigenvalue weighted by atomic mass is 10.2. The third kappa shape index (κ3) is 2.55. The van der Waals surface area contributed by atoms with Gasteiger partial charge in [-0.3, -0.25) is 4.79 Å². The highest BCUT2D eigenvalue weighted by atomic mass is 32.1. The number of aromatic nitrogens is 1. The Morgan fingerprint density at radius 3 is 2.71 bits per heavy atom. The average Bonchev–Trinajstić information content (AvgIpc) is 2.60. The van der Waals surface area contributed by atoms with Crippen LogP contribution in [0.4, 0.5) is 0 Å². The van der Waals surface area contributed by atoms with E-state index in [-0.39, 0.29) is 5.56 Å². The quantitative estimate of drug-likeness (QED) is 0.792. The fourth-order valence-electron chi connectivity index (χ4n) is 1.41. The fraction of sp³-hybridized carbons (Fsp3) is 0.333. The SMILES string of the molecule is CC(C)(C)OC(=O)c1cc2cc[nH]c(=O)c2s1. The van der Waals surface area contributed by atoms with E-state index >= 15 is 0 Å². The Balaban J connectivity index is 2.41. The molecule has 0 saturated heterocycles. The molecule has 0 unspecified atom stereocenters. The molecule has 0 radical (unpaired) electrons. The summed E-state index contributed by atoms with van der Waals surface area (Å²) in [6.45, 7) is 5.43. The zero-order valence-electron chi connectivity index (χ0n) is 9.87. The van der Waals surface area contributed by atoms with E-state index in [1.807, 2.05) is 20.8 Å². The van der Waals surface area contributed by atoms with Crippen LogP contribution in [0.2, 0.25) is 0 Å². The van der Waals surface area contributed by atoms with Crippen molar-refractivity contribution in [3.63, 3.8) is 0 Å². The van der Waals surface area contributed by atoms with E-state index in [1.54, 1.807) is 18.3 Å². The molecule has 0 atom stereocenters. The molecule has 0 aliphatic rings. The number of hydrogen-bond donors (Lipinski definition) is 1. The first-order valence-electron chi connectivity index (χ1n) is 5.21. The molecule has 90 valence electrons. The first kappa shape index (κ1) is 11.9. The van der Waals surface area contributed by atoms with Crippen LogP contribution < -0.4 is 5.56 Å². The van der Waals surface area contributed by atoms with E-state index < -0.39 is 11.6 Å². The van der Waals surface area contributed by atoms with Gasteiger partial charge in [-0.05, 0) is 32.9 Å². The Morgan fingerprint density at radius 2 is 2.12 bits per heavy atom. The summed E-state index contributed by atoms with van der Waals surface area (Å²) in [6, 6.07) is 3.45. The van der Waals surface area contributed by atoms with Gasteiger partial charge in [0.2, 0.25) is 0 Å². The average molecular weight is 251 g/mol. The lowest BCUT2D eigenvalue weighted by Gasteiger charge is -2.18. The Labute approximate surface area is 102 Å². The maximum atomic E-state index is 11.8. The summed E-state index contributed by atoms with van der Waals surface area (Å²) in [6.07, 6.45) is 1.57. The molecule has 0 saturated carbocycles. The highest BCUT2D eigenvalue weighted by Crippen LogP contribution is 2.24. The minimum atomic E-state index is -0.528. The Bertz CT molecular complexity index is 618. The van der Waals surface area contributed by atoms with Crippen molar-refractivity contribution in [1.82, 2.24) is 4.98 Å². The summed E-state index contributed by atoms with van der Waals surface area (Å²) in [5, 5.41) is 0.764. The zero-order chi connectivity index (χ0) is 12.6. The van der Waals surface area contributed by atoms with Crippen molar-refractivity contribution in [2.45, 2.75) is 26.4 Å². The number of ether oxygens (including phenoxy) is 1. The van der Waals surface area contributed by atoms with Crippen LogP contribution in [0.3, 0.4) is 0 Å². The van der Waals surface area contributed by atoms with Crippen molar-refractivity contribution in [2.24, 2.45) is 0 Å². The minimum absolute atomic E-state index is 0.178. The summed E-state index contributed by atoms with van der Waals surface area (Å²) in [4.78, 5) is 26.3.